The molecule has 1 aliphatic rings. The highest BCUT2D eigenvalue weighted by Crippen LogP contribution is 2.43. The van der Waals surface area contributed by atoms with Crippen LogP contribution in [0.15, 0.2) is 36.8 Å². The Kier molecular flexibility index (Phi) is 5.30. The lowest BCUT2D eigenvalue weighted by molar-refractivity contribution is 0.424. The molecular formula is C24H28FN7. The molecule has 3 aromatic heterocycles. The molecule has 0 saturated carbocycles. The second-order valence-corrected chi connectivity index (χ2v) is 8.47. The Labute approximate surface area is 186 Å². The van der Waals surface area contributed by atoms with Crippen LogP contribution in [0.2, 0.25) is 0 Å². The summed E-state index contributed by atoms with van der Waals surface area (Å²) in [4.78, 5) is 14.8. The lowest BCUT2D eigenvalue weighted by atomic mass is 9.95. The molecule has 0 amide bonds. The Morgan fingerprint density at radius 2 is 2.12 bits per heavy atom. The van der Waals surface area contributed by atoms with Gasteiger partial charge in [0, 0.05) is 54.7 Å². The number of halogens is 1. The lowest BCUT2D eigenvalue weighted by Gasteiger charge is -2.35. The molecule has 0 spiro atoms. The molecule has 7 nitrogen and oxygen atoms in total. The number of aromatic amines is 1. The Hall–Kier alpha value is -3.39. The molecule has 32 heavy (non-hydrogen) atoms. The minimum absolute atomic E-state index is 0.283. The Bertz CT molecular complexity index is 1280. The van der Waals surface area contributed by atoms with E-state index in [2.05, 4.69) is 20.2 Å². The lowest BCUT2D eigenvalue weighted by Crippen LogP contribution is -2.38. The molecule has 4 heterocycles. The number of nitrogens with two attached hydrogens (primary N) is 2. The molecule has 1 unspecified atom stereocenters. The number of nitrogen functional groups attached to an aromatic ring is 1. The maximum absolute atomic E-state index is 14.7. The van der Waals surface area contributed by atoms with Gasteiger partial charge in [-0.1, -0.05) is 0 Å². The molecule has 1 fully saturated rings. The van der Waals surface area contributed by atoms with Crippen LogP contribution in [0.25, 0.3) is 33.1 Å². The number of anilines is 3. The number of nitrogens with zero attached hydrogens (tertiary/aromatic N) is 3. The summed E-state index contributed by atoms with van der Waals surface area (Å²) in [5, 5.41) is 4.99. The Morgan fingerprint density at radius 1 is 1.25 bits per heavy atom. The first kappa shape index (κ1) is 20.5. The average molecular weight is 434 g/mol. The van der Waals surface area contributed by atoms with Crippen LogP contribution in [-0.2, 0) is 0 Å². The third-order valence-corrected chi connectivity index (χ3v) is 6.27. The van der Waals surface area contributed by atoms with Crippen molar-refractivity contribution in [2.45, 2.75) is 19.8 Å². The van der Waals surface area contributed by atoms with Gasteiger partial charge in [-0.3, -0.25) is 4.98 Å². The summed E-state index contributed by atoms with van der Waals surface area (Å²) in [6, 6.07) is 5.02. The first-order chi connectivity index (χ1) is 15.6. The highest BCUT2D eigenvalue weighted by Gasteiger charge is 2.26. The number of benzene rings is 1. The summed E-state index contributed by atoms with van der Waals surface area (Å²) in [6.45, 7) is 5.08. The van der Waals surface area contributed by atoms with Crippen LogP contribution in [0.5, 0.6) is 0 Å². The zero-order valence-electron chi connectivity index (χ0n) is 18.2. The number of rotatable bonds is 5. The number of nitrogens with one attached hydrogen (secondary N) is 2. The molecule has 166 valence electrons. The second kappa shape index (κ2) is 8.27. The molecule has 1 aromatic carbocycles. The first-order valence-corrected chi connectivity index (χ1v) is 11.1. The van der Waals surface area contributed by atoms with Crippen LogP contribution in [0.3, 0.4) is 0 Å². The van der Waals surface area contributed by atoms with Crippen molar-refractivity contribution in [2.24, 2.45) is 11.7 Å². The average Bonchev–Trinajstić information content (AvgIpc) is 3.17. The molecule has 6 N–H and O–H groups in total. The van der Waals surface area contributed by atoms with Crippen LogP contribution in [-0.4, -0.2) is 41.1 Å². The van der Waals surface area contributed by atoms with Gasteiger partial charge in [0.2, 0.25) is 0 Å². The smallest absolute Gasteiger partial charge is 0.140 e. The summed E-state index contributed by atoms with van der Waals surface area (Å²) in [5.41, 5.74) is 17.8. The van der Waals surface area contributed by atoms with Crippen LogP contribution in [0, 0.1) is 11.7 Å². The zero-order valence-corrected chi connectivity index (χ0v) is 18.2. The molecule has 1 atom stereocenters. The number of H-pyrrole nitrogens is 1. The normalized spacial score (nSPS) is 16.7. The number of pyridine rings is 2. The number of piperidine rings is 1. The monoisotopic (exact) mass is 433 g/mol. The van der Waals surface area contributed by atoms with Gasteiger partial charge in [0.15, 0.2) is 0 Å². The highest BCUT2D eigenvalue weighted by atomic mass is 19.1. The SMILES string of the molecule is CCNc1cc(F)cc2c1[nH]c1ncc(-c3cncc(N)c3)c(N3CCCC(CN)C3)c12. The summed E-state index contributed by atoms with van der Waals surface area (Å²) >= 11 is 0. The maximum Gasteiger partial charge on any atom is 0.140 e. The van der Waals surface area contributed by atoms with Crippen molar-refractivity contribution >= 4 is 39.0 Å². The molecule has 4 aromatic rings. The summed E-state index contributed by atoms with van der Waals surface area (Å²) in [6.07, 6.45) is 7.46. The molecule has 5 rings (SSSR count). The molecule has 8 heteroatoms. The van der Waals surface area contributed by atoms with Crippen LogP contribution in [0.1, 0.15) is 19.8 Å². The van der Waals surface area contributed by atoms with Crippen molar-refractivity contribution in [1.82, 2.24) is 15.0 Å². The van der Waals surface area contributed by atoms with Crippen LogP contribution in [0.4, 0.5) is 21.5 Å². The standard InChI is InChI=1S/C24H28FN7/c1-2-29-20-8-16(25)7-18-21-23(32-5-3-4-14(9-26)13-32)19(12-30-24(21)31-22(18)20)15-6-17(27)11-28-10-15/h6-8,10-12,14,29H,2-5,9,13,26-27H2,1H3,(H,30,31). The van der Waals surface area contributed by atoms with Crippen molar-refractivity contribution in [3.05, 3.63) is 42.6 Å². The zero-order chi connectivity index (χ0) is 22.2. The van der Waals surface area contributed by atoms with Crippen molar-refractivity contribution in [3.63, 3.8) is 0 Å². The molecular weight excluding hydrogens is 405 g/mol. The van der Waals surface area contributed by atoms with Crippen molar-refractivity contribution < 1.29 is 4.39 Å². The molecule has 0 radical (unpaired) electrons. The van der Waals surface area contributed by atoms with E-state index < -0.39 is 0 Å². The van der Waals surface area contributed by atoms with Crippen LogP contribution < -0.4 is 21.7 Å². The molecule has 1 saturated heterocycles. The fourth-order valence-corrected chi connectivity index (χ4v) is 4.84. The number of fused-ring (bicyclic) bond motifs is 3. The van der Waals surface area contributed by atoms with Gasteiger partial charge in [0.1, 0.15) is 11.5 Å². The molecule has 1 aliphatic heterocycles. The predicted molar refractivity (Wildman–Crippen MR) is 129 cm³/mol. The van der Waals surface area contributed by atoms with E-state index in [-0.39, 0.29) is 5.82 Å². The van der Waals surface area contributed by atoms with E-state index >= 15 is 0 Å². The van der Waals surface area contributed by atoms with Gasteiger partial charge in [-0.05, 0) is 50.4 Å². The largest absolute Gasteiger partial charge is 0.397 e. The van der Waals surface area contributed by atoms with Gasteiger partial charge in [0.25, 0.3) is 0 Å². The fourth-order valence-electron chi connectivity index (χ4n) is 4.84. The van der Waals surface area contributed by atoms with E-state index in [1.807, 2.05) is 19.2 Å². The van der Waals surface area contributed by atoms with E-state index in [1.54, 1.807) is 18.5 Å². The van der Waals surface area contributed by atoms with Crippen molar-refractivity contribution in [3.8, 4) is 11.1 Å². The molecule has 0 aliphatic carbocycles. The van der Waals surface area contributed by atoms with Gasteiger partial charge < -0.3 is 26.7 Å². The number of aromatic nitrogens is 3. The van der Waals surface area contributed by atoms with Crippen molar-refractivity contribution in [2.75, 3.05) is 42.1 Å². The highest BCUT2D eigenvalue weighted by molar-refractivity contribution is 6.17. The van der Waals surface area contributed by atoms with Crippen molar-refractivity contribution in [1.29, 1.82) is 0 Å². The van der Waals surface area contributed by atoms with E-state index in [4.69, 9.17) is 16.5 Å². The summed E-state index contributed by atoms with van der Waals surface area (Å²) < 4.78 is 14.7. The first-order valence-electron chi connectivity index (χ1n) is 11.1. The van der Waals surface area contributed by atoms with E-state index in [0.717, 1.165) is 70.4 Å². The third kappa shape index (κ3) is 3.50. The van der Waals surface area contributed by atoms with Gasteiger partial charge in [0.05, 0.1) is 28.0 Å². The van der Waals surface area contributed by atoms with E-state index in [9.17, 15) is 4.39 Å². The van der Waals surface area contributed by atoms with Gasteiger partial charge in [-0.15, -0.1) is 0 Å². The van der Waals surface area contributed by atoms with E-state index in [0.29, 0.717) is 24.7 Å². The minimum atomic E-state index is -0.283. The summed E-state index contributed by atoms with van der Waals surface area (Å²) in [5.74, 6) is 0.132. The topological polar surface area (TPSA) is 109 Å². The maximum atomic E-state index is 14.7. The minimum Gasteiger partial charge on any atom is -0.397 e. The van der Waals surface area contributed by atoms with Gasteiger partial charge >= 0.3 is 0 Å². The van der Waals surface area contributed by atoms with Crippen LogP contribution >= 0.6 is 0 Å². The van der Waals surface area contributed by atoms with Gasteiger partial charge in [-0.2, -0.15) is 0 Å². The molecule has 0 bridgehead atoms. The second-order valence-electron chi connectivity index (χ2n) is 8.47. The number of hydrogen-bond acceptors (Lipinski definition) is 6. The quantitative estimate of drug-likeness (QED) is 0.377. The predicted octanol–water partition coefficient (Wildman–Crippen LogP) is 4.11. The Balaban J connectivity index is 1.83. The third-order valence-electron chi connectivity index (χ3n) is 6.27. The number of hydrogen-bond donors (Lipinski definition) is 4. The Morgan fingerprint density at radius 3 is 2.91 bits per heavy atom. The summed E-state index contributed by atoms with van der Waals surface area (Å²) in [7, 11) is 0. The van der Waals surface area contributed by atoms with Gasteiger partial charge in [-0.25, -0.2) is 9.37 Å². The fraction of sp³-hybridized carbons (Fsp3) is 0.333. The van der Waals surface area contributed by atoms with E-state index in [1.165, 1.54) is 6.07 Å².